The number of rotatable bonds is 19. The summed E-state index contributed by atoms with van der Waals surface area (Å²) in [4.78, 5) is 72.1. The van der Waals surface area contributed by atoms with Gasteiger partial charge in [-0.3, -0.25) is 19.2 Å². The summed E-state index contributed by atoms with van der Waals surface area (Å²) in [7, 11) is 3.15. The van der Waals surface area contributed by atoms with Crippen LogP contribution in [0.25, 0.3) is 0 Å². The number of nitrogens with two attached hydrogens (primary N) is 1. The Bertz CT molecular complexity index is 2120. The van der Waals surface area contributed by atoms with Crippen molar-refractivity contribution in [2.24, 2.45) is 35.3 Å². The smallest absolute Gasteiger partial charge is 0.329 e. The third-order valence-corrected chi connectivity index (χ3v) is 16.3. The first-order valence-corrected chi connectivity index (χ1v) is 29.7. The van der Waals surface area contributed by atoms with Gasteiger partial charge in [-0.1, -0.05) is 64.2 Å². The number of allylic oxidation sites excluding steroid dienone is 6. The third kappa shape index (κ3) is 22.3. The zero-order chi connectivity index (χ0) is 59.6. The number of amides is 1. The minimum atomic E-state index is -2.48. The fraction of sp³-hybridized carbons (Fsp3) is 0.767. The zero-order valence-electron chi connectivity index (χ0n) is 49.6. The van der Waals surface area contributed by atoms with Crippen LogP contribution in [-0.4, -0.2) is 195 Å². The molecule has 6 N–H and O–H groups in total. The predicted molar refractivity (Wildman–Crippen MR) is 308 cm³/mol. The zero-order valence-corrected chi connectivity index (χ0v) is 50.4. The van der Waals surface area contributed by atoms with Gasteiger partial charge >= 0.3 is 5.97 Å². The molecule has 0 aromatic rings. The van der Waals surface area contributed by atoms with E-state index in [4.69, 9.17) is 60.6 Å². The van der Waals surface area contributed by atoms with E-state index in [0.717, 1.165) is 10.5 Å². The van der Waals surface area contributed by atoms with Gasteiger partial charge in [-0.05, 0) is 120 Å². The van der Waals surface area contributed by atoms with E-state index >= 15 is 0 Å². The number of thiocarbonyl (C=S) groups is 1. The molecule has 4 aliphatic rings. The lowest BCUT2D eigenvalue weighted by atomic mass is 9.80. The van der Waals surface area contributed by atoms with E-state index in [1.165, 1.54) is 13.0 Å². The van der Waals surface area contributed by atoms with Crippen LogP contribution in [0.1, 0.15) is 126 Å². The molecule has 0 unspecified atom stereocenters. The summed E-state index contributed by atoms with van der Waals surface area (Å²) in [5, 5.41) is 37.7. The van der Waals surface area contributed by atoms with Crippen molar-refractivity contribution in [2.45, 2.75) is 186 Å². The van der Waals surface area contributed by atoms with E-state index in [0.29, 0.717) is 117 Å². The number of Topliss-reactive ketones (excluding diaryl/α,β-unsaturated/α-hetero) is 3. The highest BCUT2D eigenvalue weighted by Gasteiger charge is 2.53. The number of cyclic esters (lactones) is 1. The molecule has 21 heteroatoms. The maximum atomic E-state index is 14.5. The van der Waals surface area contributed by atoms with Crippen LogP contribution in [0.4, 0.5) is 0 Å². The second-order valence-corrected chi connectivity index (χ2v) is 22.8. The van der Waals surface area contributed by atoms with Crippen LogP contribution in [0.5, 0.6) is 0 Å². The van der Waals surface area contributed by atoms with Gasteiger partial charge in [-0.2, -0.15) is 0 Å². The number of hydrogen-bond donors (Lipinski definition) is 5. The molecule has 460 valence electrons. The van der Waals surface area contributed by atoms with Crippen molar-refractivity contribution in [3.63, 3.8) is 0 Å². The van der Waals surface area contributed by atoms with Gasteiger partial charge in [0.2, 0.25) is 5.79 Å². The van der Waals surface area contributed by atoms with E-state index in [1.54, 1.807) is 35.0 Å². The third-order valence-electron chi connectivity index (χ3n) is 16.1. The van der Waals surface area contributed by atoms with Crippen LogP contribution in [-0.2, 0) is 66.6 Å². The van der Waals surface area contributed by atoms with Crippen molar-refractivity contribution in [1.82, 2.24) is 10.2 Å². The molecule has 0 spiro atoms. The Labute approximate surface area is 486 Å². The van der Waals surface area contributed by atoms with Crippen LogP contribution >= 0.6 is 12.2 Å². The Morgan fingerprint density at radius 1 is 0.815 bits per heavy atom. The number of aliphatic hydroxyl groups is 3. The number of aliphatic hydroxyl groups excluding tert-OH is 2. The minimum Gasteiger partial charge on any atom is -0.465 e. The van der Waals surface area contributed by atoms with Crippen molar-refractivity contribution >= 4 is 46.6 Å². The first kappa shape index (κ1) is 69.7. The SMILES string of the molecule is CCOCCOCCOCCOCCNC(=S)O[C@@H]1CC[C@@H](C[C@@H](N)[C@@H]2CC(=O)[C@H](C)/C=C(\C)[C@@H](O)[C@@H](O)C(=O)[C@H](C)C[C@H](C)/C=C/C=C/C=C(\C)[C@@H](OC)C[C@@H]3CC[C@@H](C)[C@@](O)(O3)C(=O)C(=O)N3CCCC[C@H]3C(=O)O2)C[C@H]1OC. The number of carbonyl (C=O) groups excluding carboxylic acids is 5. The van der Waals surface area contributed by atoms with Crippen LogP contribution in [0.3, 0.4) is 0 Å². The van der Waals surface area contributed by atoms with Crippen molar-refractivity contribution in [3.8, 4) is 0 Å². The molecule has 3 aliphatic heterocycles. The molecular formula is C60H97N3O17S. The molecule has 15 atom stereocenters. The highest BCUT2D eigenvalue weighted by molar-refractivity contribution is 7.80. The molecule has 3 fully saturated rings. The predicted octanol–water partition coefficient (Wildman–Crippen LogP) is 5.20. The number of esters is 1. The van der Waals surface area contributed by atoms with Gasteiger partial charge in [-0.25, -0.2) is 4.79 Å². The average Bonchev–Trinajstić information content (AvgIpc) is 3.45. The summed E-state index contributed by atoms with van der Waals surface area (Å²) in [5.74, 6) is -8.91. The monoisotopic (exact) mass is 1160 g/mol. The fourth-order valence-corrected chi connectivity index (χ4v) is 11.2. The van der Waals surface area contributed by atoms with Crippen LogP contribution < -0.4 is 11.1 Å². The summed E-state index contributed by atoms with van der Waals surface area (Å²) in [6.07, 6.45) is 8.78. The molecular weight excluding hydrogens is 1070 g/mol. The lowest BCUT2D eigenvalue weighted by Crippen LogP contribution is -2.61. The van der Waals surface area contributed by atoms with Crippen molar-refractivity contribution in [2.75, 3.05) is 80.2 Å². The highest BCUT2D eigenvalue weighted by Crippen LogP contribution is 2.37. The first-order chi connectivity index (χ1) is 38.6. The number of ether oxygens (including phenoxy) is 9. The van der Waals surface area contributed by atoms with Gasteiger partial charge in [-0.15, -0.1) is 0 Å². The number of fused-ring (bicyclic) bond motifs is 3. The highest BCUT2D eigenvalue weighted by atomic mass is 32.1. The lowest BCUT2D eigenvalue weighted by Gasteiger charge is -2.42. The molecule has 1 saturated carbocycles. The number of carbonyl (C=O) groups is 5. The maximum Gasteiger partial charge on any atom is 0.329 e. The van der Waals surface area contributed by atoms with Crippen molar-refractivity contribution < 1.29 is 81.9 Å². The topological polar surface area (TPSA) is 270 Å². The van der Waals surface area contributed by atoms with Crippen molar-refractivity contribution in [3.05, 3.63) is 47.6 Å². The number of nitrogens with zero attached hydrogens (tertiary/aromatic N) is 1. The molecule has 4 rings (SSSR count). The minimum absolute atomic E-state index is 0.0286. The van der Waals surface area contributed by atoms with Crippen LogP contribution in [0, 0.1) is 29.6 Å². The normalized spacial score (nSPS) is 34.7. The average molecular weight is 1160 g/mol. The van der Waals surface area contributed by atoms with Gasteiger partial charge < -0.3 is 73.9 Å². The quantitative estimate of drug-likeness (QED) is 0.0365. The molecule has 3 heterocycles. The molecule has 0 radical (unpaired) electrons. The number of piperidine rings is 1. The van der Waals surface area contributed by atoms with Gasteiger partial charge in [0.1, 0.15) is 36.2 Å². The van der Waals surface area contributed by atoms with E-state index < -0.39 is 95.4 Å². The number of nitrogens with one attached hydrogen (secondary N) is 1. The fourth-order valence-electron chi connectivity index (χ4n) is 11.0. The number of ketones is 3. The second kappa shape index (κ2) is 36.1. The Morgan fingerprint density at radius 2 is 1.49 bits per heavy atom. The number of methoxy groups -OCH3 is 2. The van der Waals surface area contributed by atoms with Crippen molar-refractivity contribution in [1.29, 1.82) is 0 Å². The molecule has 0 aromatic carbocycles. The maximum absolute atomic E-state index is 14.5. The molecule has 20 nitrogen and oxygen atoms in total. The molecule has 1 aliphatic carbocycles. The largest absolute Gasteiger partial charge is 0.465 e. The molecule has 2 saturated heterocycles. The van der Waals surface area contributed by atoms with Crippen LogP contribution in [0.15, 0.2) is 47.6 Å². The van der Waals surface area contributed by atoms with Gasteiger partial charge in [0.15, 0.2) is 5.78 Å². The number of hydrogen-bond acceptors (Lipinski definition) is 19. The summed E-state index contributed by atoms with van der Waals surface area (Å²) in [5.41, 5.74) is 8.04. The van der Waals surface area contributed by atoms with Gasteiger partial charge in [0, 0.05) is 70.6 Å². The Balaban J connectivity index is 1.52. The first-order valence-electron chi connectivity index (χ1n) is 29.3. The van der Waals surface area contributed by atoms with E-state index in [9.17, 15) is 39.3 Å². The molecule has 1 amide bonds. The molecule has 81 heavy (non-hydrogen) atoms. The second-order valence-electron chi connectivity index (χ2n) is 22.4. The molecule has 2 bridgehead atoms. The lowest BCUT2D eigenvalue weighted by molar-refractivity contribution is -0.265. The summed E-state index contributed by atoms with van der Waals surface area (Å²) in [6.45, 7) is 16.6. The van der Waals surface area contributed by atoms with E-state index in [2.05, 4.69) is 5.32 Å². The summed E-state index contributed by atoms with van der Waals surface area (Å²) >= 11 is 5.52. The van der Waals surface area contributed by atoms with E-state index in [-0.39, 0.29) is 60.6 Å². The Hall–Kier alpha value is -3.84. The Morgan fingerprint density at radius 3 is 2.16 bits per heavy atom. The van der Waals surface area contributed by atoms with Crippen LogP contribution in [0.2, 0.25) is 0 Å². The van der Waals surface area contributed by atoms with Gasteiger partial charge in [0.25, 0.3) is 16.9 Å². The summed E-state index contributed by atoms with van der Waals surface area (Å²) < 4.78 is 52.1. The van der Waals surface area contributed by atoms with Gasteiger partial charge in [0.05, 0.1) is 64.6 Å². The summed E-state index contributed by atoms with van der Waals surface area (Å²) in [6, 6.07) is -2.14. The Kier molecular flexibility index (Phi) is 31.0. The standard InChI is InChI=1S/C60H97N3O17S/c1-10-74-26-27-76-30-31-77-29-28-75-25-23-62-59(81)79-49-22-20-44(35-52(49)73-9)34-46(61)51-37-48(64)40(4)33-42(6)54(66)55(67)53(65)41(5)32-38(2)16-12-11-13-17-39(3)50(72-8)36-45-21-19-43(7)60(71,80-45)56(68)57(69)63-24-15-14-18-47(63)58(70)78-51/h11-13,16-17,33,38,40-41,43-47,49-52,54-55,66-67,71H,10,14-15,18-32,34-37,61H2,1-9H3,(H,62,81)/b13-11+,16-12+,39-17+,42-33+/t38-,40-,41-,43-,44+,45+,46-,47+,49-,50+,51+,52-,54-,55+,60-/m1/s1. The molecule has 0 aromatic heterocycles. The van der Waals surface area contributed by atoms with E-state index in [1.807, 2.05) is 51.2 Å².